The average molecular weight is 311 g/mol. The second-order valence-corrected chi connectivity index (χ2v) is 5.90. The number of rotatable bonds is 0. The van der Waals surface area contributed by atoms with E-state index in [1.807, 2.05) is 6.07 Å². The topological polar surface area (TPSA) is 41.1 Å². The van der Waals surface area contributed by atoms with Gasteiger partial charge in [0.1, 0.15) is 5.54 Å². The first-order valence-corrected chi connectivity index (χ1v) is 6.70. The van der Waals surface area contributed by atoms with Crippen molar-refractivity contribution in [1.82, 2.24) is 10.6 Å². The van der Waals surface area contributed by atoms with Gasteiger partial charge in [-0.25, -0.2) is 0 Å². The van der Waals surface area contributed by atoms with E-state index >= 15 is 0 Å². The van der Waals surface area contributed by atoms with Crippen LogP contribution in [0.2, 0.25) is 0 Å². The van der Waals surface area contributed by atoms with E-state index in [1.54, 1.807) is 0 Å². The minimum absolute atomic E-state index is 0.0102. The molecule has 1 heterocycles. The summed E-state index contributed by atoms with van der Waals surface area (Å²) >= 11 is 8.49. The molecule has 1 fully saturated rings. The minimum Gasteiger partial charge on any atom is -0.348 e. The standard InChI is InChI=1S/C12H11BrN2OS/c13-9-2-1-8-6-12(4-3-7(8)5-9)10(16)14-11(17)15-12/h1-2,5H,3-4,6H2,(H2,14,15,16,17). The molecule has 1 amide bonds. The number of thiocarbonyl (C=S) groups is 1. The van der Waals surface area contributed by atoms with Crippen molar-refractivity contribution >= 4 is 39.2 Å². The highest BCUT2D eigenvalue weighted by Gasteiger charge is 2.46. The molecule has 1 spiro atoms. The van der Waals surface area contributed by atoms with Crippen LogP contribution < -0.4 is 10.6 Å². The SMILES string of the molecule is O=C1NC(=S)NC12CCc1cc(Br)ccc1C2. The smallest absolute Gasteiger partial charge is 0.252 e. The Hall–Kier alpha value is -0.940. The van der Waals surface area contributed by atoms with Gasteiger partial charge in [0.25, 0.3) is 5.91 Å². The zero-order valence-electron chi connectivity index (χ0n) is 9.05. The second kappa shape index (κ2) is 3.78. The summed E-state index contributed by atoms with van der Waals surface area (Å²) in [7, 11) is 0. The Kier molecular flexibility index (Phi) is 2.48. The molecule has 1 atom stereocenters. The summed E-state index contributed by atoms with van der Waals surface area (Å²) in [5.74, 6) is 0.0102. The second-order valence-electron chi connectivity index (χ2n) is 4.58. The Labute approximate surface area is 113 Å². The molecule has 3 nitrogen and oxygen atoms in total. The van der Waals surface area contributed by atoms with Gasteiger partial charge >= 0.3 is 0 Å². The van der Waals surface area contributed by atoms with E-state index in [9.17, 15) is 4.79 Å². The van der Waals surface area contributed by atoms with Crippen LogP contribution in [0.25, 0.3) is 0 Å². The molecule has 1 saturated heterocycles. The van der Waals surface area contributed by atoms with Gasteiger partial charge in [-0.15, -0.1) is 0 Å². The fourth-order valence-corrected chi connectivity index (χ4v) is 3.29. The van der Waals surface area contributed by atoms with Gasteiger partial charge in [0.15, 0.2) is 5.11 Å². The lowest BCUT2D eigenvalue weighted by molar-refractivity contribution is -0.124. The molecule has 2 aliphatic rings. The third-order valence-electron chi connectivity index (χ3n) is 3.50. The van der Waals surface area contributed by atoms with Crippen molar-refractivity contribution in [3.63, 3.8) is 0 Å². The van der Waals surface area contributed by atoms with Crippen LogP contribution in [0.1, 0.15) is 17.5 Å². The van der Waals surface area contributed by atoms with Gasteiger partial charge in [-0.2, -0.15) is 0 Å². The summed E-state index contributed by atoms with van der Waals surface area (Å²) in [4.78, 5) is 12.0. The number of amides is 1. The number of carbonyl (C=O) groups excluding carboxylic acids is 1. The van der Waals surface area contributed by atoms with Gasteiger partial charge in [0.05, 0.1) is 0 Å². The van der Waals surface area contributed by atoms with Crippen LogP contribution in [0, 0.1) is 0 Å². The van der Waals surface area contributed by atoms with Gasteiger partial charge in [-0.05, 0) is 48.3 Å². The molecule has 1 aliphatic heterocycles. The van der Waals surface area contributed by atoms with Crippen LogP contribution in [0.5, 0.6) is 0 Å². The molecule has 0 radical (unpaired) electrons. The van der Waals surface area contributed by atoms with Crippen molar-refractivity contribution in [1.29, 1.82) is 0 Å². The fraction of sp³-hybridized carbons (Fsp3) is 0.333. The van der Waals surface area contributed by atoms with E-state index in [1.165, 1.54) is 11.1 Å². The molecule has 88 valence electrons. The maximum absolute atomic E-state index is 12.0. The molecule has 17 heavy (non-hydrogen) atoms. The monoisotopic (exact) mass is 310 g/mol. The number of halogens is 1. The summed E-state index contributed by atoms with van der Waals surface area (Å²) in [6, 6.07) is 6.23. The van der Waals surface area contributed by atoms with Crippen LogP contribution in [0.4, 0.5) is 0 Å². The normalized spacial score (nSPS) is 26.6. The number of carbonyl (C=O) groups is 1. The largest absolute Gasteiger partial charge is 0.348 e. The van der Waals surface area contributed by atoms with Crippen molar-refractivity contribution in [2.45, 2.75) is 24.8 Å². The third-order valence-corrected chi connectivity index (χ3v) is 4.19. The van der Waals surface area contributed by atoms with Crippen molar-refractivity contribution < 1.29 is 4.79 Å². The maximum atomic E-state index is 12.0. The first-order chi connectivity index (χ1) is 8.09. The van der Waals surface area contributed by atoms with Crippen LogP contribution in [0.15, 0.2) is 22.7 Å². The molecule has 0 aromatic heterocycles. The maximum Gasteiger partial charge on any atom is 0.252 e. The highest BCUT2D eigenvalue weighted by Crippen LogP contribution is 2.32. The van der Waals surface area contributed by atoms with E-state index in [0.29, 0.717) is 11.5 Å². The fourth-order valence-electron chi connectivity index (χ4n) is 2.59. The van der Waals surface area contributed by atoms with Gasteiger partial charge in [0.2, 0.25) is 0 Å². The number of fused-ring (bicyclic) bond motifs is 1. The molecule has 1 aromatic carbocycles. The predicted octanol–water partition coefficient (Wildman–Crippen LogP) is 1.68. The molecular formula is C12H11BrN2OS. The van der Waals surface area contributed by atoms with Crippen LogP contribution in [-0.4, -0.2) is 16.6 Å². The van der Waals surface area contributed by atoms with Crippen molar-refractivity contribution in [3.05, 3.63) is 33.8 Å². The first-order valence-electron chi connectivity index (χ1n) is 5.50. The molecule has 2 N–H and O–H groups in total. The number of nitrogens with one attached hydrogen (secondary N) is 2. The number of hydrogen-bond acceptors (Lipinski definition) is 2. The first kappa shape index (κ1) is 11.2. The third kappa shape index (κ3) is 1.77. The quantitative estimate of drug-likeness (QED) is 0.716. The van der Waals surface area contributed by atoms with Crippen LogP contribution >= 0.6 is 28.1 Å². The molecule has 5 heteroatoms. The Balaban J connectivity index is 1.98. The molecule has 3 rings (SSSR count). The summed E-state index contributed by atoms with van der Waals surface area (Å²) in [6.07, 6.45) is 2.40. The molecule has 0 saturated carbocycles. The Morgan fingerprint density at radius 2 is 2.18 bits per heavy atom. The molecule has 1 aliphatic carbocycles. The van der Waals surface area contributed by atoms with E-state index in [-0.39, 0.29) is 5.91 Å². The highest BCUT2D eigenvalue weighted by molar-refractivity contribution is 9.10. The lowest BCUT2D eigenvalue weighted by Crippen LogP contribution is -2.51. The predicted molar refractivity (Wildman–Crippen MR) is 72.8 cm³/mol. The summed E-state index contributed by atoms with van der Waals surface area (Å²) in [5, 5.41) is 6.28. The van der Waals surface area contributed by atoms with Gasteiger partial charge in [0, 0.05) is 10.9 Å². The van der Waals surface area contributed by atoms with E-state index in [0.717, 1.165) is 17.3 Å². The Morgan fingerprint density at radius 3 is 2.88 bits per heavy atom. The zero-order chi connectivity index (χ0) is 12.0. The number of aryl methyl sites for hydroxylation is 1. The van der Waals surface area contributed by atoms with Crippen molar-refractivity contribution in [2.75, 3.05) is 0 Å². The lowest BCUT2D eigenvalue weighted by Gasteiger charge is -2.32. The van der Waals surface area contributed by atoms with Gasteiger partial charge in [-0.1, -0.05) is 22.0 Å². The molecule has 0 bridgehead atoms. The molecule has 1 aromatic rings. The minimum atomic E-state index is -0.516. The Bertz CT molecular complexity index is 531. The van der Waals surface area contributed by atoms with E-state index in [4.69, 9.17) is 12.2 Å². The van der Waals surface area contributed by atoms with Gasteiger partial charge in [-0.3, -0.25) is 4.79 Å². The molecule has 1 unspecified atom stereocenters. The highest BCUT2D eigenvalue weighted by atomic mass is 79.9. The Morgan fingerprint density at radius 1 is 1.35 bits per heavy atom. The van der Waals surface area contributed by atoms with Crippen molar-refractivity contribution in [2.24, 2.45) is 0 Å². The lowest BCUT2D eigenvalue weighted by atomic mass is 9.78. The number of hydrogen-bond donors (Lipinski definition) is 2. The summed E-state index contributed by atoms with van der Waals surface area (Å²) < 4.78 is 1.09. The van der Waals surface area contributed by atoms with E-state index < -0.39 is 5.54 Å². The van der Waals surface area contributed by atoms with Crippen molar-refractivity contribution in [3.8, 4) is 0 Å². The van der Waals surface area contributed by atoms with Crippen LogP contribution in [-0.2, 0) is 17.6 Å². The number of benzene rings is 1. The molecular weight excluding hydrogens is 300 g/mol. The van der Waals surface area contributed by atoms with Crippen LogP contribution in [0.3, 0.4) is 0 Å². The average Bonchev–Trinajstić information content (AvgIpc) is 2.54. The van der Waals surface area contributed by atoms with E-state index in [2.05, 4.69) is 38.7 Å². The summed E-state index contributed by atoms with van der Waals surface area (Å²) in [6.45, 7) is 0. The summed E-state index contributed by atoms with van der Waals surface area (Å²) in [5.41, 5.74) is 2.03. The zero-order valence-corrected chi connectivity index (χ0v) is 11.5. The van der Waals surface area contributed by atoms with Gasteiger partial charge < -0.3 is 10.6 Å².